The number of amides is 1. The maximum atomic E-state index is 12.1. The molecule has 6 heteroatoms. The lowest BCUT2D eigenvalue weighted by molar-refractivity contribution is 0.0696. The average molecular weight is 314 g/mol. The number of carbonyl (C=O) groups excluding carboxylic acids is 1. The standard InChI is InChI=1S/C17H18N2O4/c1-10-14(23-16(19-10)12-6-7-12)15(20)18-9-8-11-2-4-13(5-3-11)17(21)22/h2-5,12H,6-9H2,1H3,(H,18,20)(H,21,22). The zero-order valence-electron chi connectivity index (χ0n) is 12.8. The van der Waals surface area contributed by atoms with Crippen LogP contribution in [0.15, 0.2) is 28.7 Å². The summed E-state index contributed by atoms with van der Waals surface area (Å²) in [5.41, 5.74) is 1.83. The van der Waals surface area contributed by atoms with Gasteiger partial charge in [-0.15, -0.1) is 0 Å². The minimum Gasteiger partial charge on any atom is -0.478 e. The fraction of sp³-hybridized carbons (Fsp3) is 0.353. The van der Waals surface area contributed by atoms with Crippen molar-refractivity contribution >= 4 is 11.9 Å². The molecule has 0 atom stereocenters. The van der Waals surface area contributed by atoms with Crippen LogP contribution in [0, 0.1) is 6.92 Å². The summed E-state index contributed by atoms with van der Waals surface area (Å²) in [7, 11) is 0. The van der Waals surface area contributed by atoms with Crippen molar-refractivity contribution < 1.29 is 19.1 Å². The molecule has 1 fully saturated rings. The second-order valence-corrected chi connectivity index (χ2v) is 5.75. The number of aromatic carboxylic acids is 1. The van der Waals surface area contributed by atoms with Crippen molar-refractivity contribution in [3.05, 3.63) is 52.7 Å². The first-order valence-corrected chi connectivity index (χ1v) is 7.62. The molecule has 1 heterocycles. The Kier molecular flexibility index (Phi) is 4.14. The molecule has 1 aliphatic carbocycles. The number of benzene rings is 1. The van der Waals surface area contributed by atoms with Gasteiger partial charge in [0.2, 0.25) is 5.76 Å². The number of hydrogen-bond donors (Lipinski definition) is 2. The predicted octanol–water partition coefficient (Wildman–Crippen LogP) is 2.53. The van der Waals surface area contributed by atoms with Crippen molar-refractivity contribution in [2.24, 2.45) is 0 Å². The molecule has 0 saturated heterocycles. The second kappa shape index (κ2) is 6.24. The van der Waals surface area contributed by atoms with E-state index < -0.39 is 5.97 Å². The Morgan fingerprint density at radius 3 is 2.61 bits per heavy atom. The van der Waals surface area contributed by atoms with E-state index >= 15 is 0 Å². The molecule has 1 saturated carbocycles. The van der Waals surface area contributed by atoms with Crippen LogP contribution in [-0.4, -0.2) is 28.5 Å². The summed E-state index contributed by atoms with van der Waals surface area (Å²) in [6, 6.07) is 6.62. The van der Waals surface area contributed by atoms with Crippen LogP contribution >= 0.6 is 0 Å². The number of oxazole rings is 1. The van der Waals surface area contributed by atoms with Gasteiger partial charge in [0.15, 0.2) is 5.89 Å². The SMILES string of the molecule is Cc1nc(C2CC2)oc1C(=O)NCCc1ccc(C(=O)O)cc1. The molecule has 2 aromatic rings. The number of aromatic nitrogens is 1. The largest absolute Gasteiger partial charge is 0.478 e. The lowest BCUT2D eigenvalue weighted by atomic mass is 10.1. The van der Waals surface area contributed by atoms with Crippen molar-refractivity contribution in [3.63, 3.8) is 0 Å². The quantitative estimate of drug-likeness (QED) is 0.854. The molecule has 0 aliphatic heterocycles. The first-order valence-electron chi connectivity index (χ1n) is 7.62. The van der Waals surface area contributed by atoms with Crippen LogP contribution in [0.1, 0.15) is 56.8 Å². The van der Waals surface area contributed by atoms with Crippen molar-refractivity contribution in [3.8, 4) is 0 Å². The van der Waals surface area contributed by atoms with Crippen molar-refractivity contribution in [1.29, 1.82) is 0 Å². The Balaban J connectivity index is 1.53. The number of aryl methyl sites for hydroxylation is 1. The van der Waals surface area contributed by atoms with Gasteiger partial charge in [-0.1, -0.05) is 12.1 Å². The fourth-order valence-electron chi connectivity index (χ4n) is 2.35. The van der Waals surface area contributed by atoms with E-state index in [1.54, 1.807) is 31.2 Å². The van der Waals surface area contributed by atoms with Crippen LogP contribution in [0.4, 0.5) is 0 Å². The first-order chi connectivity index (χ1) is 11.0. The van der Waals surface area contributed by atoms with Crippen LogP contribution < -0.4 is 5.32 Å². The van der Waals surface area contributed by atoms with Crippen LogP contribution in [0.2, 0.25) is 0 Å². The Labute approximate surface area is 133 Å². The van der Waals surface area contributed by atoms with Gasteiger partial charge in [-0.05, 0) is 43.9 Å². The van der Waals surface area contributed by atoms with E-state index in [9.17, 15) is 9.59 Å². The molecule has 3 rings (SSSR count). The van der Waals surface area contributed by atoms with Gasteiger partial charge < -0.3 is 14.8 Å². The molecule has 1 aromatic carbocycles. The molecule has 120 valence electrons. The molecule has 6 nitrogen and oxygen atoms in total. The molecule has 23 heavy (non-hydrogen) atoms. The number of rotatable bonds is 6. The topological polar surface area (TPSA) is 92.4 Å². The number of hydrogen-bond acceptors (Lipinski definition) is 4. The molecule has 0 unspecified atom stereocenters. The maximum absolute atomic E-state index is 12.1. The number of carbonyl (C=O) groups is 2. The summed E-state index contributed by atoms with van der Waals surface area (Å²) in [5.74, 6) is 0.120. The molecular formula is C17H18N2O4. The molecule has 1 amide bonds. The van der Waals surface area contributed by atoms with Crippen LogP contribution in [-0.2, 0) is 6.42 Å². The lowest BCUT2D eigenvalue weighted by Crippen LogP contribution is -2.25. The fourth-order valence-corrected chi connectivity index (χ4v) is 2.35. The van der Waals surface area contributed by atoms with Crippen molar-refractivity contribution in [1.82, 2.24) is 10.3 Å². The zero-order chi connectivity index (χ0) is 16.4. The third-order valence-electron chi connectivity index (χ3n) is 3.85. The molecule has 0 spiro atoms. The van der Waals surface area contributed by atoms with E-state index in [0.29, 0.717) is 30.5 Å². The van der Waals surface area contributed by atoms with Gasteiger partial charge >= 0.3 is 5.97 Å². The molecule has 0 radical (unpaired) electrons. The van der Waals surface area contributed by atoms with Gasteiger partial charge in [0, 0.05) is 12.5 Å². The van der Waals surface area contributed by atoms with E-state index in [-0.39, 0.29) is 17.2 Å². The van der Waals surface area contributed by atoms with E-state index in [2.05, 4.69) is 10.3 Å². The van der Waals surface area contributed by atoms with Gasteiger partial charge in [-0.3, -0.25) is 4.79 Å². The summed E-state index contributed by atoms with van der Waals surface area (Å²) in [5, 5.41) is 11.7. The summed E-state index contributed by atoms with van der Waals surface area (Å²) >= 11 is 0. The molecule has 1 aromatic heterocycles. The van der Waals surface area contributed by atoms with Crippen molar-refractivity contribution in [2.75, 3.05) is 6.54 Å². The molecule has 1 aliphatic rings. The van der Waals surface area contributed by atoms with Crippen molar-refractivity contribution in [2.45, 2.75) is 32.1 Å². The highest BCUT2D eigenvalue weighted by Gasteiger charge is 2.30. The van der Waals surface area contributed by atoms with E-state index in [4.69, 9.17) is 9.52 Å². The normalized spacial score (nSPS) is 13.8. The second-order valence-electron chi connectivity index (χ2n) is 5.75. The van der Waals surface area contributed by atoms with Gasteiger partial charge in [-0.25, -0.2) is 9.78 Å². The van der Waals surface area contributed by atoms with Gasteiger partial charge in [0.1, 0.15) is 0 Å². The Bertz CT molecular complexity index is 730. The summed E-state index contributed by atoms with van der Waals surface area (Å²) in [4.78, 5) is 27.2. The predicted molar refractivity (Wildman–Crippen MR) is 82.7 cm³/mol. The van der Waals surface area contributed by atoms with E-state index in [0.717, 1.165) is 18.4 Å². The van der Waals surface area contributed by atoms with Crippen LogP contribution in [0.3, 0.4) is 0 Å². The van der Waals surface area contributed by atoms with Gasteiger partial charge in [-0.2, -0.15) is 0 Å². The summed E-state index contributed by atoms with van der Waals surface area (Å²) < 4.78 is 5.56. The number of carboxylic acid groups (broad SMARTS) is 1. The Morgan fingerprint density at radius 2 is 2.00 bits per heavy atom. The average Bonchev–Trinajstić information content (AvgIpc) is 3.30. The number of carboxylic acids is 1. The number of nitrogens with one attached hydrogen (secondary N) is 1. The maximum Gasteiger partial charge on any atom is 0.335 e. The minimum atomic E-state index is -0.947. The highest BCUT2D eigenvalue weighted by atomic mass is 16.4. The summed E-state index contributed by atoms with van der Waals surface area (Å²) in [6.07, 6.45) is 2.77. The molecular weight excluding hydrogens is 296 g/mol. The number of nitrogens with zero attached hydrogens (tertiary/aromatic N) is 1. The lowest BCUT2D eigenvalue weighted by Gasteiger charge is -2.04. The zero-order valence-corrected chi connectivity index (χ0v) is 12.8. The third-order valence-corrected chi connectivity index (χ3v) is 3.85. The monoisotopic (exact) mass is 314 g/mol. The highest BCUT2D eigenvalue weighted by molar-refractivity contribution is 5.92. The minimum absolute atomic E-state index is 0.252. The molecule has 2 N–H and O–H groups in total. The third kappa shape index (κ3) is 3.59. The van der Waals surface area contributed by atoms with Gasteiger partial charge in [0.05, 0.1) is 11.3 Å². The molecule has 0 bridgehead atoms. The summed E-state index contributed by atoms with van der Waals surface area (Å²) in [6.45, 7) is 2.22. The first kappa shape index (κ1) is 15.3. The Morgan fingerprint density at radius 1 is 1.30 bits per heavy atom. The van der Waals surface area contributed by atoms with E-state index in [1.807, 2.05) is 0 Å². The smallest absolute Gasteiger partial charge is 0.335 e. The Hall–Kier alpha value is -2.63. The highest BCUT2D eigenvalue weighted by Crippen LogP contribution is 2.39. The van der Waals surface area contributed by atoms with Crippen LogP contribution in [0.25, 0.3) is 0 Å². The van der Waals surface area contributed by atoms with Crippen LogP contribution in [0.5, 0.6) is 0 Å². The van der Waals surface area contributed by atoms with Gasteiger partial charge in [0.25, 0.3) is 5.91 Å². The van der Waals surface area contributed by atoms with E-state index in [1.165, 1.54) is 0 Å².